The van der Waals surface area contributed by atoms with Crippen LogP contribution >= 0.6 is 0 Å². The maximum Gasteiger partial charge on any atom is 0.221 e. The Morgan fingerprint density at radius 1 is 0.923 bits per heavy atom. The highest BCUT2D eigenvalue weighted by Gasteiger charge is 2.08. The molecule has 4 aromatic rings. The summed E-state index contributed by atoms with van der Waals surface area (Å²) in [6, 6.07) is 15.2. The number of allylic oxidation sites excluding steroid dienone is 1. The molecule has 3 heterocycles. The molecule has 0 aliphatic rings. The van der Waals surface area contributed by atoms with Gasteiger partial charge in [-0.3, -0.25) is 0 Å². The Balaban J connectivity index is 1.70. The predicted octanol–water partition coefficient (Wildman–Crippen LogP) is 4.28. The first kappa shape index (κ1) is 15.8. The highest BCUT2D eigenvalue weighted by Crippen LogP contribution is 2.26. The van der Waals surface area contributed by atoms with Gasteiger partial charge in [0.1, 0.15) is 5.75 Å². The maximum absolute atomic E-state index is 6.01. The normalized spacial score (nSPS) is 10.7. The van der Waals surface area contributed by atoms with Crippen molar-refractivity contribution in [2.24, 2.45) is 0 Å². The number of benzene rings is 1. The summed E-state index contributed by atoms with van der Waals surface area (Å²) in [4.78, 5) is 4.55. The Kier molecular flexibility index (Phi) is 4.07. The van der Waals surface area contributed by atoms with E-state index < -0.39 is 0 Å². The van der Waals surface area contributed by atoms with E-state index in [9.17, 15) is 0 Å². The quantitative estimate of drug-likeness (QED) is 0.543. The Morgan fingerprint density at radius 3 is 2.31 bits per heavy atom. The predicted molar refractivity (Wildman–Crippen MR) is 99.7 cm³/mol. The van der Waals surface area contributed by atoms with E-state index in [4.69, 9.17) is 4.74 Å². The van der Waals surface area contributed by atoms with Gasteiger partial charge in [0.05, 0.1) is 17.1 Å². The van der Waals surface area contributed by atoms with Crippen molar-refractivity contribution in [3.63, 3.8) is 0 Å². The fraction of sp³-hybridized carbons (Fsp3) is 0.0500. The maximum atomic E-state index is 6.01. The van der Waals surface area contributed by atoms with Gasteiger partial charge in [0.2, 0.25) is 5.88 Å². The van der Waals surface area contributed by atoms with E-state index in [1.165, 1.54) is 0 Å². The zero-order valence-electron chi connectivity index (χ0n) is 14.3. The van der Waals surface area contributed by atoms with Gasteiger partial charge < -0.3 is 4.74 Å². The SMILES string of the molecule is C=C(C)c1cc(-n2cccn2)cc(Oc2cccc(-n3cccn3)c2)n1. The van der Waals surface area contributed by atoms with E-state index >= 15 is 0 Å². The lowest BCUT2D eigenvalue weighted by atomic mass is 10.2. The number of aromatic nitrogens is 5. The number of hydrogen-bond acceptors (Lipinski definition) is 4. The van der Waals surface area contributed by atoms with Crippen LogP contribution in [0.2, 0.25) is 0 Å². The minimum absolute atomic E-state index is 0.480. The van der Waals surface area contributed by atoms with Gasteiger partial charge in [0, 0.05) is 36.9 Å². The molecule has 0 aliphatic heterocycles. The van der Waals surface area contributed by atoms with Gasteiger partial charge in [-0.1, -0.05) is 12.6 Å². The van der Waals surface area contributed by atoms with Crippen molar-refractivity contribution < 1.29 is 4.74 Å². The fourth-order valence-corrected chi connectivity index (χ4v) is 2.55. The van der Waals surface area contributed by atoms with Gasteiger partial charge in [-0.2, -0.15) is 10.2 Å². The number of rotatable bonds is 5. The highest BCUT2D eigenvalue weighted by atomic mass is 16.5. The molecule has 6 heteroatoms. The van der Waals surface area contributed by atoms with Crippen LogP contribution in [0.25, 0.3) is 16.9 Å². The average molecular weight is 343 g/mol. The summed E-state index contributed by atoms with van der Waals surface area (Å²) in [7, 11) is 0. The molecule has 0 radical (unpaired) electrons. The van der Waals surface area contributed by atoms with Gasteiger partial charge in [-0.25, -0.2) is 14.3 Å². The van der Waals surface area contributed by atoms with Crippen molar-refractivity contribution in [2.45, 2.75) is 6.92 Å². The van der Waals surface area contributed by atoms with Crippen molar-refractivity contribution >= 4 is 5.57 Å². The number of hydrogen-bond donors (Lipinski definition) is 0. The van der Waals surface area contributed by atoms with E-state index in [0.29, 0.717) is 11.6 Å². The van der Waals surface area contributed by atoms with Gasteiger partial charge >= 0.3 is 0 Å². The van der Waals surface area contributed by atoms with E-state index in [1.54, 1.807) is 21.8 Å². The van der Waals surface area contributed by atoms with Crippen molar-refractivity contribution in [1.29, 1.82) is 0 Å². The summed E-state index contributed by atoms with van der Waals surface area (Å²) in [6.07, 6.45) is 7.23. The van der Waals surface area contributed by atoms with E-state index in [2.05, 4.69) is 21.8 Å². The number of nitrogens with zero attached hydrogens (tertiary/aromatic N) is 5. The highest BCUT2D eigenvalue weighted by molar-refractivity contribution is 5.61. The number of pyridine rings is 1. The minimum atomic E-state index is 0.480. The molecule has 128 valence electrons. The first-order valence-electron chi connectivity index (χ1n) is 8.15. The smallest absolute Gasteiger partial charge is 0.221 e. The summed E-state index contributed by atoms with van der Waals surface area (Å²) in [5.41, 5.74) is 3.39. The molecule has 0 spiro atoms. The molecule has 0 amide bonds. The molecule has 0 aliphatic carbocycles. The summed E-state index contributed by atoms with van der Waals surface area (Å²) < 4.78 is 9.55. The van der Waals surface area contributed by atoms with Crippen LogP contribution in [0.4, 0.5) is 0 Å². The molecule has 0 fully saturated rings. The van der Waals surface area contributed by atoms with Gasteiger partial charge in [-0.05, 0) is 42.8 Å². The zero-order valence-corrected chi connectivity index (χ0v) is 14.3. The Morgan fingerprint density at radius 2 is 1.65 bits per heavy atom. The van der Waals surface area contributed by atoms with Crippen LogP contribution in [0, 0.1) is 0 Å². The van der Waals surface area contributed by atoms with Gasteiger partial charge in [0.25, 0.3) is 0 Å². The van der Waals surface area contributed by atoms with Crippen LogP contribution in [0.1, 0.15) is 12.6 Å². The molecule has 0 saturated carbocycles. The molecule has 4 rings (SSSR count). The zero-order chi connectivity index (χ0) is 17.9. The molecular weight excluding hydrogens is 326 g/mol. The summed E-state index contributed by atoms with van der Waals surface area (Å²) >= 11 is 0. The van der Waals surface area contributed by atoms with Crippen molar-refractivity contribution in [2.75, 3.05) is 0 Å². The molecule has 0 atom stereocenters. The third-order valence-electron chi connectivity index (χ3n) is 3.80. The average Bonchev–Trinajstić information content (AvgIpc) is 3.35. The Hall–Kier alpha value is -3.67. The lowest BCUT2D eigenvalue weighted by molar-refractivity contribution is 0.461. The summed E-state index contributed by atoms with van der Waals surface area (Å²) in [6.45, 7) is 5.90. The first-order valence-corrected chi connectivity index (χ1v) is 8.15. The fourth-order valence-electron chi connectivity index (χ4n) is 2.55. The van der Waals surface area contributed by atoms with Crippen LogP contribution in [0.15, 0.2) is 79.9 Å². The minimum Gasteiger partial charge on any atom is -0.439 e. The second kappa shape index (κ2) is 6.68. The van der Waals surface area contributed by atoms with Crippen LogP contribution in [-0.2, 0) is 0 Å². The molecule has 26 heavy (non-hydrogen) atoms. The molecule has 6 nitrogen and oxygen atoms in total. The largest absolute Gasteiger partial charge is 0.439 e. The van der Waals surface area contributed by atoms with Crippen LogP contribution < -0.4 is 4.74 Å². The second-order valence-corrected chi connectivity index (χ2v) is 5.83. The Labute approximate surface area is 151 Å². The molecule has 0 saturated heterocycles. The monoisotopic (exact) mass is 343 g/mol. The van der Waals surface area contributed by atoms with E-state index in [-0.39, 0.29) is 0 Å². The third kappa shape index (κ3) is 3.25. The second-order valence-electron chi connectivity index (χ2n) is 5.83. The van der Waals surface area contributed by atoms with Crippen molar-refractivity contribution in [3.8, 4) is 23.0 Å². The summed E-state index contributed by atoms with van der Waals surface area (Å²) in [5.74, 6) is 1.16. The molecule has 1 aromatic carbocycles. The lowest BCUT2D eigenvalue weighted by Crippen LogP contribution is -2.00. The first-order chi connectivity index (χ1) is 12.7. The van der Waals surface area contributed by atoms with Crippen LogP contribution in [0.3, 0.4) is 0 Å². The molecule has 0 N–H and O–H groups in total. The molecular formula is C20H17N5O. The van der Waals surface area contributed by atoms with Gasteiger partial charge in [-0.15, -0.1) is 0 Å². The summed E-state index contributed by atoms with van der Waals surface area (Å²) in [5, 5.41) is 8.52. The van der Waals surface area contributed by atoms with Crippen LogP contribution in [-0.4, -0.2) is 24.5 Å². The van der Waals surface area contributed by atoms with Crippen molar-refractivity contribution in [3.05, 3.63) is 85.6 Å². The van der Waals surface area contributed by atoms with E-state index in [1.807, 2.05) is 67.8 Å². The Bertz CT molecular complexity index is 1040. The molecule has 0 unspecified atom stereocenters. The third-order valence-corrected chi connectivity index (χ3v) is 3.80. The standard InChI is InChI=1S/C20H17N5O/c1-15(2)19-13-17(25-11-5-9-22-25)14-20(23-19)26-18-7-3-6-16(12-18)24-10-4-8-21-24/h3-14H,1H2,2H3. The van der Waals surface area contributed by atoms with E-state index in [0.717, 1.165) is 22.6 Å². The lowest BCUT2D eigenvalue weighted by Gasteiger charge is -2.11. The topological polar surface area (TPSA) is 57.8 Å². The number of ether oxygens (including phenoxy) is 1. The molecule has 0 bridgehead atoms. The van der Waals surface area contributed by atoms with Gasteiger partial charge in [0.15, 0.2) is 0 Å². The molecule has 3 aromatic heterocycles. The van der Waals surface area contributed by atoms with Crippen LogP contribution in [0.5, 0.6) is 11.6 Å². The van der Waals surface area contributed by atoms with Crippen molar-refractivity contribution in [1.82, 2.24) is 24.5 Å².